The Morgan fingerprint density at radius 1 is 1.33 bits per heavy atom. The molecule has 3 rings (SSSR count). The van der Waals surface area contributed by atoms with E-state index in [1.807, 2.05) is 31.2 Å². The molecule has 0 unspecified atom stereocenters. The van der Waals surface area contributed by atoms with Gasteiger partial charge in [0, 0.05) is 24.7 Å². The lowest BCUT2D eigenvalue weighted by atomic mass is 10.1. The number of hydrogen-bond donors (Lipinski definition) is 1. The highest BCUT2D eigenvalue weighted by atomic mass is 35.5. The number of rotatable bonds is 4. The first kappa shape index (κ1) is 16.7. The van der Waals surface area contributed by atoms with Crippen LogP contribution < -0.4 is 10.1 Å². The highest BCUT2D eigenvalue weighted by molar-refractivity contribution is 6.32. The van der Waals surface area contributed by atoms with Crippen LogP contribution in [0.2, 0.25) is 5.02 Å². The molecule has 1 fully saturated rings. The van der Waals surface area contributed by atoms with Crippen molar-refractivity contribution in [3.8, 4) is 5.88 Å². The number of carbonyl (C=O) groups is 1. The fourth-order valence-electron chi connectivity index (χ4n) is 2.50. The smallest absolute Gasteiger partial charge is 0.257 e. The van der Waals surface area contributed by atoms with Crippen LogP contribution in [-0.4, -0.2) is 30.2 Å². The Bertz CT molecular complexity index is 730. The number of aryl methyl sites for hydroxylation is 1. The second-order valence-electron chi connectivity index (χ2n) is 5.71. The van der Waals surface area contributed by atoms with E-state index >= 15 is 0 Å². The summed E-state index contributed by atoms with van der Waals surface area (Å²) < 4.78 is 11.1. The minimum absolute atomic E-state index is 0.0513. The minimum Gasteiger partial charge on any atom is -0.473 e. The summed E-state index contributed by atoms with van der Waals surface area (Å²) in [6.45, 7) is 3.30. The van der Waals surface area contributed by atoms with Crippen molar-refractivity contribution in [2.24, 2.45) is 0 Å². The average molecular weight is 347 g/mol. The average Bonchev–Trinajstić information content (AvgIpc) is 2.59. The third-order valence-electron chi connectivity index (χ3n) is 3.91. The molecule has 1 aromatic carbocycles. The van der Waals surface area contributed by atoms with E-state index in [9.17, 15) is 4.79 Å². The van der Waals surface area contributed by atoms with Crippen LogP contribution in [0.5, 0.6) is 5.88 Å². The van der Waals surface area contributed by atoms with Gasteiger partial charge in [-0.1, -0.05) is 29.8 Å². The fourth-order valence-corrected chi connectivity index (χ4v) is 2.71. The highest BCUT2D eigenvalue weighted by Gasteiger charge is 2.18. The minimum atomic E-state index is -0.253. The van der Waals surface area contributed by atoms with Crippen molar-refractivity contribution in [1.29, 1.82) is 0 Å². The maximum atomic E-state index is 12.4. The van der Waals surface area contributed by atoms with Gasteiger partial charge in [-0.2, -0.15) is 0 Å². The predicted octanol–water partition coefficient (Wildman–Crippen LogP) is 3.85. The molecular formula is C18H19ClN2O3. The van der Waals surface area contributed by atoms with Crippen LogP contribution in [0.4, 0.5) is 5.69 Å². The molecule has 1 saturated heterocycles. The van der Waals surface area contributed by atoms with Crippen molar-refractivity contribution in [1.82, 2.24) is 4.98 Å². The van der Waals surface area contributed by atoms with Crippen molar-refractivity contribution in [2.45, 2.75) is 25.9 Å². The number of carbonyl (C=O) groups excluding carboxylic acids is 1. The number of benzene rings is 1. The first-order chi connectivity index (χ1) is 11.6. The Morgan fingerprint density at radius 3 is 2.79 bits per heavy atom. The van der Waals surface area contributed by atoms with Gasteiger partial charge in [0.1, 0.15) is 11.1 Å². The first-order valence-electron chi connectivity index (χ1n) is 7.90. The monoisotopic (exact) mass is 346 g/mol. The summed E-state index contributed by atoms with van der Waals surface area (Å²) in [4.78, 5) is 16.6. The predicted molar refractivity (Wildman–Crippen MR) is 92.8 cm³/mol. The second-order valence-corrected chi connectivity index (χ2v) is 6.12. The topological polar surface area (TPSA) is 60.5 Å². The zero-order valence-electron chi connectivity index (χ0n) is 13.4. The molecule has 2 aromatic rings. The van der Waals surface area contributed by atoms with Gasteiger partial charge in [-0.15, -0.1) is 0 Å². The number of halogens is 1. The Hall–Kier alpha value is -2.11. The summed E-state index contributed by atoms with van der Waals surface area (Å²) in [5.41, 5.74) is 2.15. The molecule has 1 aliphatic heterocycles. The molecule has 6 heteroatoms. The molecule has 1 aliphatic rings. The quantitative estimate of drug-likeness (QED) is 0.913. The Balaban J connectivity index is 1.69. The van der Waals surface area contributed by atoms with Gasteiger partial charge in [-0.05, 0) is 24.6 Å². The van der Waals surface area contributed by atoms with Crippen molar-refractivity contribution in [2.75, 3.05) is 18.5 Å². The van der Waals surface area contributed by atoms with Gasteiger partial charge < -0.3 is 14.8 Å². The van der Waals surface area contributed by atoms with E-state index < -0.39 is 0 Å². The number of nitrogens with one attached hydrogen (secondary N) is 1. The first-order valence-corrected chi connectivity index (χ1v) is 8.28. The number of pyridine rings is 1. The molecule has 0 spiro atoms. The molecule has 0 atom stereocenters. The maximum absolute atomic E-state index is 12.4. The highest BCUT2D eigenvalue weighted by Crippen LogP contribution is 2.26. The fraction of sp³-hybridized carbons (Fsp3) is 0.333. The van der Waals surface area contributed by atoms with E-state index in [2.05, 4.69) is 10.3 Å². The molecule has 1 amide bonds. The van der Waals surface area contributed by atoms with Gasteiger partial charge in [-0.3, -0.25) is 4.79 Å². The standard InChI is InChI=1S/C18H19ClN2O3/c1-12-4-2-3-5-16(12)21-17(22)13-10-15(19)18(20-11-13)24-14-6-8-23-9-7-14/h2-5,10-11,14H,6-9H2,1H3,(H,21,22). The molecule has 1 aromatic heterocycles. The van der Waals surface area contributed by atoms with E-state index in [4.69, 9.17) is 21.1 Å². The molecule has 1 N–H and O–H groups in total. The summed E-state index contributed by atoms with van der Waals surface area (Å²) in [6.07, 6.45) is 3.16. The normalized spacial score (nSPS) is 15.1. The van der Waals surface area contributed by atoms with Crippen LogP contribution in [0.25, 0.3) is 0 Å². The molecule has 126 valence electrons. The van der Waals surface area contributed by atoms with Gasteiger partial charge >= 0.3 is 0 Å². The van der Waals surface area contributed by atoms with Crippen LogP contribution in [0.15, 0.2) is 36.5 Å². The molecule has 0 aliphatic carbocycles. The van der Waals surface area contributed by atoms with Crippen LogP contribution in [-0.2, 0) is 4.74 Å². The Morgan fingerprint density at radius 2 is 2.08 bits per heavy atom. The summed E-state index contributed by atoms with van der Waals surface area (Å²) in [5.74, 6) is 0.104. The van der Waals surface area contributed by atoms with Gasteiger partial charge in [0.05, 0.1) is 18.8 Å². The van der Waals surface area contributed by atoms with E-state index in [0.717, 1.165) is 24.1 Å². The van der Waals surface area contributed by atoms with Crippen LogP contribution in [0.1, 0.15) is 28.8 Å². The number of nitrogens with zero attached hydrogens (tertiary/aromatic N) is 1. The number of aromatic nitrogens is 1. The number of amides is 1. The van der Waals surface area contributed by atoms with Gasteiger partial charge in [0.25, 0.3) is 5.91 Å². The number of hydrogen-bond acceptors (Lipinski definition) is 4. The van der Waals surface area contributed by atoms with Gasteiger partial charge in [0.2, 0.25) is 5.88 Å². The van der Waals surface area contributed by atoms with E-state index in [1.165, 1.54) is 6.20 Å². The summed E-state index contributed by atoms with van der Waals surface area (Å²) in [7, 11) is 0. The van der Waals surface area contributed by atoms with Gasteiger partial charge in [0.15, 0.2) is 0 Å². The molecule has 0 radical (unpaired) electrons. The zero-order valence-corrected chi connectivity index (χ0v) is 14.2. The third-order valence-corrected chi connectivity index (χ3v) is 4.18. The largest absolute Gasteiger partial charge is 0.473 e. The van der Waals surface area contributed by atoms with Crippen molar-refractivity contribution < 1.29 is 14.3 Å². The third kappa shape index (κ3) is 4.04. The van der Waals surface area contributed by atoms with Gasteiger partial charge in [-0.25, -0.2) is 4.98 Å². The second kappa shape index (κ2) is 7.64. The lowest BCUT2D eigenvalue weighted by molar-refractivity contribution is 0.0238. The lowest BCUT2D eigenvalue weighted by Crippen LogP contribution is -2.26. The molecule has 5 nitrogen and oxygen atoms in total. The van der Waals surface area contributed by atoms with Crippen molar-refractivity contribution >= 4 is 23.2 Å². The van der Waals surface area contributed by atoms with Crippen LogP contribution >= 0.6 is 11.6 Å². The maximum Gasteiger partial charge on any atom is 0.257 e. The zero-order chi connectivity index (χ0) is 16.9. The Labute approximate surface area is 145 Å². The van der Waals surface area contributed by atoms with E-state index in [-0.39, 0.29) is 12.0 Å². The number of para-hydroxylation sites is 1. The molecule has 0 saturated carbocycles. The van der Waals surface area contributed by atoms with Crippen molar-refractivity contribution in [3.05, 3.63) is 52.7 Å². The summed E-state index contributed by atoms with van der Waals surface area (Å²) >= 11 is 6.23. The van der Waals surface area contributed by atoms with E-state index in [0.29, 0.717) is 29.7 Å². The number of anilines is 1. The van der Waals surface area contributed by atoms with E-state index in [1.54, 1.807) is 6.07 Å². The van der Waals surface area contributed by atoms with Crippen LogP contribution in [0, 0.1) is 6.92 Å². The molecular weight excluding hydrogens is 328 g/mol. The number of ether oxygens (including phenoxy) is 2. The molecule has 2 heterocycles. The molecule has 24 heavy (non-hydrogen) atoms. The van der Waals surface area contributed by atoms with Crippen LogP contribution in [0.3, 0.4) is 0 Å². The SMILES string of the molecule is Cc1ccccc1NC(=O)c1cnc(OC2CCOCC2)c(Cl)c1. The summed E-state index contributed by atoms with van der Waals surface area (Å²) in [6, 6.07) is 9.16. The summed E-state index contributed by atoms with van der Waals surface area (Å²) in [5, 5.41) is 3.19. The van der Waals surface area contributed by atoms with Crippen molar-refractivity contribution in [3.63, 3.8) is 0 Å². The lowest BCUT2D eigenvalue weighted by Gasteiger charge is -2.23. The Kier molecular flexibility index (Phi) is 5.33. The molecule has 0 bridgehead atoms.